The second-order valence-corrected chi connectivity index (χ2v) is 5.55. The van der Waals surface area contributed by atoms with Crippen molar-refractivity contribution in [3.05, 3.63) is 29.8 Å². The summed E-state index contributed by atoms with van der Waals surface area (Å²) in [6, 6.07) is 7.21. The van der Waals surface area contributed by atoms with E-state index < -0.39 is 11.4 Å². The van der Waals surface area contributed by atoms with Crippen molar-refractivity contribution in [3.8, 4) is 5.75 Å². The number of benzene rings is 1. The number of methoxy groups -OCH3 is 1. The lowest BCUT2D eigenvalue weighted by Crippen LogP contribution is -2.40. The SMILES string of the molecule is COc1cccc(CNC(=O)N2CCC(C)(C(=O)O)C2)c1. The van der Waals surface area contributed by atoms with E-state index >= 15 is 0 Å². The van der Waals surface area contributed by atoms with Crippen molar-refractivity contribution < 1.29 is 19.4 Å². The van der Waals surface area contributed by atoms with Crippen LogP contribution in [0, 0.1) is 5.41 Å². The van der Waals surface area contributed by atoms with Crippen molar-refractivity contribution >= 4 is 12.0 Å². The summed E-state index contributed by atoms with van der Waals surface area (Å²) in [6.45, 7) is 2.76. The Morgan fingerprint density at radius 3 is 2.86 bits per heavy atom. The van der Waals surface area contributed by atoms with E-state index in [9.17, 15) is 9.59 Å². The number of nitrogens with one attached hydrogen (secondary N) is 1. The van der Waals surface area contributed by atoms with Crippen LogP contribution in [0.3, 0.4) is 0 Å². The first kappa shape index (κ1) is 15.2. The van der Waals surface area contributed by atoms with Gasteiger partial charge in [-0.2, -0.15) is 0 Å². The Bertz CT molecular complexity index is 546. The molecule has 2 amide bonds. The zero-order valence-corrected chi connectivity index (χ0v) is 12.3. The predicted molar refractivity (Wildman–Crippen MR) is 77.2 cm³/mol. The average Bonchev–Trinajstić information content (AvgIpc) is 2.89. The standard InChI is InChI=1S/C15H20N2O4/c1-15(13(18)19)6-7-17(10-15)14(20)16-9-11-4-3-5-12(8-11)21-2/h3-5,8H,6-7,9-10H2,1-2H3,(H,16,20)(H,18,19). The summed E-state index contributed by atoms with van der Waals surface area (Å²) in [5.74, 6) is -0.119. The van der Waals surface area contributed by atoms with Crippen molar-refractivity contribution in [1.82, 2.24) is 10.2 Å². The lowest BCUT2D eigenvalue weighted by molar-refractivity contribution is -0.146. The van der Waals surface area contributed by atoms with Gasteiger partial charge in [-0.15, -0.1) is 0 Å². The molecular formula is C15H20N2O4. The third-order valence-corrected chi connectivity index (χ3v) is 3.85. The zero-order valence-electron chi connectivity index (χ0n) is 12.3. The summed E-state index contributed by atoms with van der Waals surface area (Å²) in [7, 11) is 1.59. The van der Waals surface area contributed by atoms with Gasteiger partial charge in [-0.05, 0) is 31.0 Å². The summed E-state index contributed by atoms with van der Waals surface area (Å²) in [6.07, 6.45) is 0.481. The van der Waals surface area contributed by atoms with Gasteiger partial charge in [0.25, 0.3) is 0 Å². The Labute approximate surface area is 123 Å². The van der Waals surface area contributed by atoms with Crippen LogP contribution in [0.1, 0.15) is 18.9 Å². The minimum absolute atomic E-state index is 0.234. The number of hydrogen-bond acceptors (Lipinski definition) is 3. The van der Waals surface area contributed by atoms with Crippen molar-refractivity contribution in [1.29, 1.82) is 0 Å². The van der Waals surface area contributed by atoms with Crippen molar-refractivity contribution in [2.24, 2.45) is 5.41 Å². The molecule has 21 heavy (non-hydrogen) atoms. The summed E-state index contributed by atoms with van der Waals surface area (Å²) in [5.41, 5.74) is 0.0933. The van der Waals surface area contributed by atoms with Gasteiger partial charge in [0.15, 0.2) is 0 Å². The fraction of sp³-hybridized carbons (Fsp3) is 0.467. The second kappa shape index (κ2) is 6.03. The molecule has 6 heteroatoms. The van der Waals surface area contributed by atoms with E-state index in [1.54, 1.807) is 18.9 Å². The van der Waals surface area contributed by atoms with Crippen molar-refractivity contribution in [2.75, 3.05) is 20.2 Å². The van der Waals surface area contributed by atoms with Crippen LogP contribution in [-0.4, -0.2) is 42.2 Å². The van der Waals surface area contributed by atoms with Crippen LogP contribution in [0.15, 0.2) is 24.3 Å². The van der Waals surface area contributed by atoms with Crippen molar-refractivity contribution in [2.45, 2.75) is 19.9 Å². The molecule has 1 aliphatic rings. The summed E-state index contributed by atoms with van der Waals surface area (Å²) in [4.78, 5) is 24.8. The van der Waals surface area contributed by atoms with E-state index in [0.29, 0.717) is 19.5 Å². The van der Waals surface area contributed by atoms with Crippen LogP contribution in [-0.2, 0) is 11.3 Å². The molecule has 1 unspecified atom stereocenters. The Morgan fingerprint density at radius 2 is 2.24 bits per heavy atom. The van der Waals surface area contributed by atoms with Crippen LogP contribution in [0.5, 0.6) is 5.75 Å². The molecule has 114 valence electrons. The molecule has 6 nitrogen and oxygen atoms in total. The van der Waals surface area contributed by atoms with Gasteiger partial charge >= 0.3 is 12.0 Å². The number of likely N-dealkylation sites (tertiary alicyclic amines) is 1. The Kier molecular flexibility index (Phi) is 4.35. The van der Waals surface area contributed by atoms with Crippen LogP contribution < -0.4 is 10.1 Å². The number of aliphatic carboxylic acids is 1. The van der Waals surface area contributed by atoms with Crippen LogP contribution >= 0.6 is 0 Å². The lowest BCUT2D eigenvalue weighted by Gasteiger charge is -2.20. The maximum Gasteiger partial charge on any atom is 0.317 e. The number of carboxylic acids is 1. The summed E-state index contributed by atoms with van der Waals surface area (Å²) in [5, 5.41) is 12.0. The molecule has 0 aliphatic carbocycles. The van der Waals surface area contributed by atoms with E-state index in [2.05, 4.69) is 5.32 Å². The number of ether oxygens (including phenoxy) is 1. The third kappa shape index (κ3) is 3.45. The molecule has 2 N–H and O–H groups in total. The molecule has 0 radical (unpaired) electrons. The zero-order chi connectivity index (χ0) is 15.5. The highest BCUT2D eigenvalue weighted by Crippen LogP contribution is 2.30. The highest BCUT2D eigenvalue weighted by atomic mass is 16.5. The number of hydrogen-bond donors (Lipinski definition) is 2. The van der Waals surface area contributed by atoms with Crippen molar-refractivity contribution in [3.63, 3.8) is 0 Å². The van der Waals surface area contributed by atoms with Crippen LogP contribution in [0.4, 0.5) is 4.79 Å². The van der Waals surface area contributed by atoms with Crippen LogP contribution in [0.25, 0.3) is 0 Å². The van der Waals surface area contributed by atoms with E-state index in [-0.39, 0.29) is 12.6 Å². The smallest absolute Gasteiger partial charge is 0.317 e. The predicted octanol–water partition coefficient (Wildman–Crippen LogP) is 1.70. The number of nitrogens with zero attached hydrogens (tertiary/aromatic N) is 1. The Hall–Kier alpha value is -2.24. The highest BCUT2D eigenvalue weighted by Gasteiger charge is 2.42. The van der Waals surface area contributed by atoms with Gasteiger partial charge < -0.3 is 20.1 Å². The largest absolute Gasteiger partial charge is 0.497 e. The first-order chi connectivity index (χ1) is 9.94. The van der Waals surface area contributed by atoms with E-state index in [0.717, 1.165) is 11.3 Å². The maximum absolute atomic E-state index is 12.1. The molecule has 1 aromatic carbocycles. The molecule has 1 atom stereocenters. The molecule has 1 heterocycles. The lowest BCUT2D eigenvalue weighted by atomic mass is 9.90. The minimum atomic E-state index is -0.856. The van der Waals surface area contributed by atoms with E-state index in [1.165, 1.54) is 0 Å². The highest BCUT2D eigenvalue weighted by molar-refractivity contribution is 5.79. The average molecular weight is 292 g/mol. The molecule has 0 bridgehead atoms. The molecule has 1 saturated heterocycles. The number of carboxylic acid groups (broad SMARTS) is 1. The first-order valence-corrected chi connectivity index (χ1v) is 6.84. The van der Waals surface area contributed by atoms with Gasteiger partial charge in [0.1, 0.15) is 5.75 Å². The fourth-order valence-electron chi connectivity index (χ4n) is 2.38. The van der Waals surface area contributed by atoms with Gasteiger partial charge in [0, 0.05) is 19.6 Å². The molecule has 1 aliphatic heterocycles. The molecule has 0 spiro atoms. The molecule has 2 rings (SSSR count). The minimum Gasteiger partial charge on any atom is -0.497 e. The van der Waals surface area contributed by atoms with Gasteiger partial charge in [-0.25, -0.2) is 4.79 Å². The molecule has 0 saturated carbocycles. The molecule has 1 aromatic rings. The number of urea groups is 1. The van der Waals surface area contributed by atoms with E-state index in [1.807, 2.05) is 24.3 Å². The van der Waals surface area contributed by atoms with Gasteiger partial charge in [0.05, 0.1) is 12.5 Å². The number of carbonyl (C=O) groups excluding carboxylic acids is 1. The van der Waals surface area contributed by atoms with E-state index in [4.69, 9.17) is 9.84 Å². The first-order valence-electron chi connectivity index (χ1n) is 6.84. The monoisotopic (exact) mass is 292 g/mol. The fourth-order valence-corrected chi connectivity index (χ4v) is 2.38. The third-order valence-electron chi connectivity index (χ3n) is 3.85. The number of amides is 2. The molecule has 0 aromatic heterocycles. The van der Waals surface area contributed by atoms with Gasteiger partial charge in [0.2, 0.25) is 0 Å². The topological polar surface area (TPSA) is 78.9 Å². The van der Waals surface area contributed by atoms with Gasteiger partial charge in [-0.1, -0.05) is 12.1 Å². The summed E-state index contributed by atoms with van der Waals surface area (Å²) >= 11 is 0. The summed E-state index contributed by atoms with van der Waals surface area (Å²) < 4.78 is 5.13. The van der Waals surface area contributed by atoms with Crippen LogP contribution in [0.2, 0.25) is 0 Å². The number of carbonyl (C=O) groups is 2. The number of rotatable bonds is 4. The van der Waals surface area contributed by atoms with Gasteiger partial charge in [-0.3, -0.25) is 4.79 Å². The normalized spacial score (nSPS) is 21.1. The molecular weight excluding hydrogens is 272 g/mol. The quantitative estimate of drug-likeness (QED) is 0.885. The Morgan fingerprint density at radius 1 is 1.48 bits per heavy atom. The molecule has 1 fully saturated rings. The Balaban J connectivity index is 1.89. The maximum atomic E-state index is 12.1. The second-order valence-electron chi connectivity index (χ2n) is 5.55.